The summed E-state index contributed by atoms with van der Waals surface area (Å²) in [5, 5.41) is 17.2. The summed E-state index contributed by atoms with van der Waals surface area (Å²) < 4.78 is 3.63. The van der Waals surface area contributed by atoms with Crippen LogP contribution in [-0.4, -0.2) is 29.7 Å². The highest BCUT2D eigenvalue weighted by Crippen LogP contribution is 2.02. The number of aliphatic hydroxyl groups is 1. The minimum absolute atomic E-state index is 0.0155. The minimum atomic E-state index is 0.0155. The van der Waals surface area contributed by atoms with Crippen molar-refractivity contribution in [2.45, 2.75) is 33.0 Å². The van der Waals surface area contributed by atoms with Gasteiger partial charge in [-0.05, 0) is 6.42 Å². The van der Waals surface area contributed by atoms with E-state index in [1.54, 1.807) is 17.2 Å². The minimum Gasteiger partial charge on any atom is -0.392 e. The molecule has 6 nitrogen and oxygen atoms in total. The topological polar surface area (TPSA) is 68.8 Å². The first kappa shape index (κ1) is 10.8. The zero-order chi connectivity index (χ0) is 11.4. The molecule has 0 saturated carbocycles. The first-order valence-corrected chi connectivity index (χ1v) is 5.32. The van der Waals surface area contributed by atoms with Crippen LogP contribution in [0, 0.1) is 0 Å². The first-order valence-electron chi connectivity index (χ1n) is 5.32. The molecule has 0 bridgehead atoms. The molecule has 0 spiro atoms. The average molecular weight is 221 g/mol. The van der Waals surface area contributed by atoms with Crippen molar-refractivity contribution in [2.24, 2.45) is 0 Å². The van der Waals surface area contributed by atoms with Gasteiger partial charge in [-0.3, -0.25) is 4.68 Å². The molecular weight excluding hydrogens is 206 g/mol. The van der Waals surface area contributed by atoms with E-state index in [0.717, 1.165) is 24.4 Å². The lowest BCUT2D eigenvalue weighted by atomic mass is 10.4. The van der Waals surface area contributed by atoms with Crippen molar-refractivity contribution in [2.75, 3.05) is 0 Å². The molecule has 0 atom stereocenters. The lowest BCUT2D eigenvalue weighted by molar-refractivity contribution is 0.281. The predicted octanol–water partition coefficient (Wildman–Crippen LogP) is 0.425. The Morgan fingerprint density at radius 1 is 1.38 bits per heavy atom. The largest absolute Gasteiger partial charge is 0.392 e. The van der Waals surface area contributed by atoms with E-state index in [2.05, 4.69) is 22.1 Å². The van der Waals surface area contributed by atoms with Crippen LogP contribution in [0.1, 0.15) is 24.7 Å². The Morgan fingerprint density at radius 2 is 2.25 bits per heavy atom. The molecule has 86 valence electrons. The van der Waals surface area contributed by atoms with Gasteiger partial charge in [0.25, 0.3) is 0 Å². The number of nitrogens with zero attached hydrogens (tertiary/aromatic N) is 5. The van der Waals surface area contributed by atoms with E-state index < -0.39 is 0 Å². The summed E-state index contributed by atoms with van der Waals surface area (Å²) in [6.45, 7) is 3.56. The summed E-state index contributed by atoms with van der Waals surface area (Å²) in [6.07, 6.45) is 6.05. The number of aryl methyl sites for hydroxylation is 1. The second kappa shape index (κ2) is 4.89. The van der Waals surface area contributed by atoms with Gasteiger partial charge in [-0.25, -0.2) is 9.67 Å². The number of hydrogen-bond acceptors (Lipinski definition) is 4. The van der Waals surface area contributed by atoms with Gasteiger partial charge in [-0.15, -0.1) is 0 Å². The van der Waals surface area contributed by atoms with E-state index in [1.807, 2.05) is 10.9 Å². The highest BCUT2D eigenvalue weighted by Gasteiger charge is 2.05. The molecule has 2 aromatic heterocycles. The molecule has 0 aromatic carbocycles. The van der Waals surface area contributed by atoms with Crippen molar-refractivity contribution in [3.05, 3.63) is 30.1 Å². The van der Waals surface area contributed by atoms with E-state index in [9.17, 15) is 0 Å². The lowest BCUT2D eigenvalue weighted by Crippen LogP contribution is -2.10. The Labute approximate surface area is 93.5 Å². The maximum atomic E-state index is 8.93. The zero-order valence-electron chi connectivity index (χ0n) is 9.24. The standard InChI is InChI=1S/C10H15N5O/c1-2-3-15-10(11-8-13-15)6-14-5-9(7-16)4-12-14/h4-5,8,16H,2-3,6-7H2,1H3. The van der Waals surface area contributed by atoms with Gasteiger partial charge in [0.05, 0.1) is 12.8 Å². The van der Waals surface area contributed by atoms with Crippen LogP contribution in [0.2, 0.25) is 0 Å². The molecule has 0 fully saturated rings. The van der Waals surface area contributed by atoms with Crippen molar-refractivity contribution in [1.29, 1.82) is 0 Å². The summed E-state index contributed by atoms with van der Waals surface area (Å²) in [4.78, 5) is 4.19. The first-order chi connectivity index (χ1) is 7.83. The fourth-order valence-corrected chi connectivity index (χ4v) is 1.53. The number of aromatic nitrogens is 5. The summed E-state index contributed by atoms with van der Waals surface area (Å²) in [5.74, 6) is 0.884. The third kappa shape index (κ3) is 2.27. The molecule has 0 amide bonds. The third-order valence-electron chi connectivity index (χ3n) is 2.30. The normalized spacial score (nSPS) is 10.9. The van der Waals surface area contributed by atoms with Crippen LogP contribution in [-0.2, 0) is 19.7 Å². The average Bonchev–Trinajstić information content (AvgIpc) is 2.90. The van der Waals surface area contributed by atoms with Gasteiger partial charge in [-0.2, -0.15) is 10.2 Å². The fraction of sp³-hybridized carbons (Fsp3) is 0.500. The number of hydrogen-bond donors (Lipinski definition) is 1. The molecule has 0 aliphatic heterocycles. The summed E-state index contributed by atoms with van der Waals surface area (Å²) in [7, 11) is 0. The lowest BCUT2D eigenvalue weighted by Gasteiger charge is -2.04. The van der Waals surface area contributed by atoms with Crippen molar-refractivity contribution < 1.29 is 5.11 Å². The van der Waals surface area contributed by atoms with Crippen molar-refractivity contribution in [1.82, 2.24) is 24.5 Å². The Morgan fingerprint density at radius 3 is 2.94 bits per heavy atom. The van der Waals surface area contributed by atoms with E-state index in [-0.39, 0.29) is 6.61 Å². The van der Waals surface area contributed by atoms with Crippen molar-refractivity contribution in [3.63, 3.8) is 0 Å². The monoisotopic (exact) mass is 221 g/mol. The second-order valence-electron chi connectivity index (χ2n) is 3.60. The van der Waals surface area contributed by atoms with E-state index in [1.165, 1.54) is 0 Å². The van der Waals surface area contributed by atoms with Crippen LogP contribution in [0.15, 0.2) is 18.7 Å². The summed E-state index contributed by atoms with van der Waals surface area (Å²) in [6, 6.07) is 0. The van der Waals surface area contributed by atoms with Gasteiger partial charge in [0.15, 0.2) is 0 Å². The summed E-state index contributed by atoms with van der Waals surface area (Å²) >= 11 is 0. The Kier molecular flexibility index (Phi) is 3.31. The quantitative estimate of drug-likeness (QED) is 0.794. The highest BCUT2D eigenvalue weighted by molar-refractivity contribution is 5.02. The molecule has 0 radical (unpaired) electrons. The molecule has 2 rings (SSSR count). The summed E-state index contributed by atoms with van der Waals surface area (Å²) in [5.41, 5.74) is 0.807. The van der Waals surface area contributed by atoms with E-state index in [0.29, 0.717) is 6.54 Å². The Balaban J connectivity index is 2.10. The second-order valence-corrected chi connectivity index (χ2v) is 3.60. The maximum absolute atomic E-state index is 8.93. The van der Waals surface area contributed by atoms with Crippen LogP contribution in [0.4, 0.5) is 0 Å². The zero-order valence-corrected chi connectivity index (χ0v) is 9.24. The molecule has 2 aromatic rings. The van der Waals surface area contributed by atoms with Crippen LogP contribution in [0.3, 0.4) is 0 Å². The maximum Gasteiger partial charge on any atom is 0.148 e. The molecule has 0 unspecified atom stereocenters. The van der Waals surface area contributed by atoms with Crippen LogP contribution < -0.4 is 0 Å². The van der Waals surface area contributed by atoms with Crippen LogP contribution >= 0.6 is 0 Å². The van der Waals surface area contributed by atoms with E-state index >= 15 is 0 Å². The van der Waals surface area contributed by atoms with Crippen molar-refractivity contribution >= 4 is 0 Å². The molecule has 16 heavy (non-hydrogen) atoms. The molecule has 0 saturated heterocycles. The van der Waals surface area contributed by atoms with Crippen LogP contribution in [0.5, 0.6) is 0 Å². The Bertz CT molecular complexity index is 448. The van der Waals surface area contributed by atoms with Gasteiger partial charge in [-0.1, -0.05) is 6.92 Å². The Hall–Kier alpha value is -1.69. The predicted molar refractivity (Wildman–Crippen MR) is 57.6 cm³/mol. The molecular formula is C10H15N5O. The third-order valence-corrected chi connectivity index (χ3v) is 2.30. The van der Waals surface area contributed by atoms with Crippen molar-refractivity contribution in [3.8, 4) is 0 Å². The number of rotatable bonds is 5. The van der Waals surface area contributed by atoms with Crippen LogP contribution in [0.25, 0.3) is 0 Å². The molecule has 1 N–H and O–H groups in total. The van der Waals surface area contributed by atoms with Gasteiger partial charge >= 0.3 is 0 Å². The SMILES string of the molecule is CCCn1ncnc1Cn1cc(CO)cn1. The fourth-order valence-electron chi connectivity index (χ4n) is 1.53. The van der Waals surface area contributed by atoms with Gasteiger partial charge < -0.3 is 5.11 Å². The molecule has 0 aliphatic rings. The molecule has 0 aliphatic carbocycles. The molecule has 2 heterocycles. The number of aliphatic hydroxyl groups excluding tert-OH is 1. The smallest absolute Gasteiger partial charge is 0.148 e. The van der Waals surface area contributed by atoms with Gasteiger partial charge in [0, 0.05) is 18.3 Å². The highest BCUT2D eigenvalue weighted by atomic mass is 16.3. The molecule has 6 heteroatoms. The van der Waals surface area contributed by atoms with Gasteiger partial charge in [0.1, 0.15) is 18.7 Å². The van der Waals surface area contributed by atoms with E-state index in [4.69, 9.17) is 5.11 Å². The van der Waals surface area contributed by atoms with Gasteiger partial charge in [0.2, 0.25) is 0 Å².